The van der Waals surface area contributed by atoms with Crippen molar-refractivity contribution in [3.63, 3.8) is 0 Å². The molecule has 0 radical (unpaired) electrons. The number of hydrogen-bond acceptors (Lipinski definition) is 4. The van der Waals surface area contributed by atoms with E-state index < -0.39 is 5.41 Å². The van der Waals surface area contributed by atoms with Crippen LogP contribution >= 0.6 is 11.3 Å². The van der Waals surface area contributed by atoms with Crippen LogP contribution in [0.15, 0.2) is 241 Å². The van der Waals surface area contributed by atoms with E-state index in [1.807, 2.05) is 6.26 Å². The van der Waals surface area contributed by atoms with E-state index in [0.717, 1.165) is 69.0 Å². The number of allylic oxidation sites excluding steroid dienone is 10. The minimum absolute atomic E-state index is 0.257. The molecule has 2 aromatic heterocycles. The number of nitrogens with zero attached hydrogens (tertiary/aromatic N) is 2. The van der Waals surface area contributed by atoms with E-state index in [-0.39, 0.29) is 5.92 Å². The van der Waals surface area contributed by atoms with Gasteiger partial charge in [-0.2, -0.15) is 0 Å². The van der Waals surface area contributed by atoms with Gasteiger partial charge in [0.1, 0.15) is 10.6 Å². The molecule has 9 aromatic rings. The molecule has 4 heteroatoms. The molecule has 0 saturated carbocycles. The van der Waals surface area contributed by atoms with Crippen molar-refractivity contribution >= 4 is 55.5 Å². The highest BCUT2D eigenvalue weighted by Crippen LogP contribution is 2.57. The lowest BCUT2D eigenvalue weighted by atomic mass is 9.67. The maximum atomic E-state index is 6.16. The van der Waals surface area contributed by atoms with Crippen LogP contribution in [0.4, 0.5) is 11.4 Å². The van der Waals surface area contributed by atoms with Crippen LogP contribution in [-0.4, -0.2) is 4.98 Å². The highest BCUT2D eigenvalue weighted by atomic mass is 32.1. The summed E-state index contributed by atoms with van der Waals surface area (Å²) in [6.45, 7) is 0. The zero-order chi connectivity index (χ0) is 43.9. The van der Waals surface area contributed by atoms with Crippen LogP contribution in [0.25, 0.3) is 54.5 Å². The summed E-state index contributed by atoms with van der Waals surface area (Å²) in [5.41, 5.74) is 17.2. The molecule has 0 spiro atoms. The van der Waals surface area contributed by atoms with Gasteiger partial charge in [0.15, 0.2) is 0 Å². The summed E-state index contributed by atoms with van der Waals surface area (Å²) in [6.07, 6.45) is 27.2. The highest BCUT2D eigenvalue weighted by Gasteiger charge is 2.46. The first-order valence-electron chi connectivity index (χ1n) is 22.9. The summed E-state index contributed by atoms with van der Waals surface area (Å²) in [5, 5.41) is 2.17. The summed E-state index contributed by atoms with van der Waals surface area (Å²) in [7, 11) is 0. The minimum atomic E-state index is -0.505. The second-order valence-corrected chi connectivity index (χ2v) is 18.3. The van der Waals surface area contributed by atoms with Crippen LogP contribution in [0.5, 0.6) is 0 Å². The molecule has 1 unspecified atom stereocenters. The maximum Gasteiger partial charge on any atom is 0.141 e. The number of para-hydroxylation sites is 1. The molecule has 3 aliphatic rings. The summed E-state index contributed by atoms with van der Waals surface area (Å²) in [6, 6.07) is 61.9. The normalized spacial score (nSPS) is 16.2. The Morgan fingerprint density at radius 3 is 2.18 bits per heavy atom. The number of furan rings is 1. The molecule has 3 nitrogen and oxygen atoms in total. The van der Waals surface area contributed by atoms with Gasteiger partial charge in [-0.1, -0.05) is 194 Å². The molecule has 2 heterocycles. The fraction of sp³-hybridized carbons (Fsp3) is 0.0806. The number of benzene rings is 7. The van der Waals surface area contributed by atoms with Gasteiger partial charge in [0.2, 0.25) is 0 Å². The fourth-order valence-electron chi connectivity index (χ4n) is 10.4. The summed E-state index contributed by atoms with van der Waals surface area (Å²) in [5.74, 6) is 0.257. The first-order valence-corrected chi connectivity index (χ1v) is 23.8. The van der Waals surface area contributed by atoms with Crippen molar-refractivity contribution in [2.24, 2.45) is 5.92 Å². The first-order chi connectivity index (χ1) is 32.7. The number of thiazole rings is 1. The molecular weight excluding hydrogens is 821 g/mol. The second-order valence-electron chi connectivity index (χ2n) is 17.3. The molecule has 0 N–H and O–H groups in total. The fourth-order valence-corrected chi connectivity index (χ4v) is 11.3. The van der Waals surface area contributed by atoms with Crippen LogP contribution in [0.3, 0.4) is 0 Å². The van der Waals surface area contributed by atoms with Crippen LogP contribution in [0.2, 0.25) is 0 Å². The van der Waals surface area contributed by atoms with Gasteiger partial charge >= 0.3 is 0 Å². The Balaban J connectivity index is 0.914. The molecule has 0 aliphatic heterocycles. The number of anilines is 2. The topological polar surface area (TPSA) is 29.3 Å². The number of rotatable bonds is 10. The van der Waals surface area contributed by atoms with E-state index in [2.05, 4.69) is 236 Å². The van der Waals surface area contributed by atoms with Gasteiger partial charge in [0.05, 0.1) is 21.9 Å². The lowest BCUT2D eigenvalue weighted by Gasteiger charge is -2.35. The Kier molecular flexibility index (Phi) is 10.2. The summed E-state index contributed by atoms with van der Waals surface area (Å²) >= 11 is 1.74. The van der Waals surface area contributed by atoms with Gasteiger partial charge < -0.3 is 9.32 Å². The molecule has 0 fully saturated rings. The monoisotopic (exact) mass is 866 g/mol. The number of hydrogen-bond donors (Lipinski definition) is 0. The standard InChI is InChI=1S/C62H46N2OS/c1-5-19-44(20-6-1)52-29-17-30-53-46(42-65-60(52)53)23-14-13-18-43-32-34-49(35-33-43)64(51-37-39-59-58(41-51)63-61(66-59)45-21-7-2-8-22-45)50-36-38-55-54-28-15-16-31-56(54)62(57(55)40-50,47-24-9-3-10-25-47)48-26-11-4-12-27-48/h1-5,7-19,21-32,34-43H,6,20,33H2/b18-13+,23-14-. The third-order valence-corrected chi connectivity index (χ3v) is 14.5. The third-order valence-electron chi connectivity index (χ3n) is 13.5. The van der Waals surface area contributed by atoms with Crippen molar-refractivity contribution in [3.8, 4) is 21.7 Å². The lowest BCUT2D eigenvalue weighted by molar-refractivity contribution is 0.613. The Labute approximate surface area is 390 Å². The smallest absolute Gasteiger partial charge is 0.141 e. The number of fused-ring (bicyclic) bond motifs is 5. The Morgan fingerprint density at radius 1 is 0.682 bits per heavy atom. The quantitative estimate of drug-likeness (QED) is 0.128. The molecule has 0 bridgehead atoms. The zero-order valence-corrected chi connectivity index (χ0v) is 37.2. The lowest BCUT2D eigenvalue weighted by Crippen LogP contribution is -2.29. The van der Waals surface area contributed by atoms with E-state index >= 15 is 0 Å². The highest BCUT2D eigenvalue weighted by molar-refractivity contribution is 7.21. The molecule has 0 amide bonds. The Morgan fingerprint density at radius 2 is 1.41 bits per heavy atom. The van der Waals surface area contributed by atoms with E-state index in [1.165, 1.54) is 49.2 Å². The summed E-state index contributed by atoms with van der Waals surface area (Å²) in [4.78, 5) is 7.62. The van der Waals surface area contributed by atoms with Crippen molar-refractivity contribution < 1.29 is 4.42 Å². The van der Waals surface area contributed by atoms with Crippen LogP contribution in [0, 0.1) is 5.92 Å². The largest absolute Gasteiger partial charge is 0.463 e. The molecule has 7 aromatic carbocycles. The van der Waals surface area contributed by atoms with E-state index in [0.29, 0.717) is 0 Å². The Bertz CT molecular complexity index is 3420. The predicted octanol–water partition coefficient (Wildman–Crippen LogP) is 16.7. The van der Waals surface area contributed by atoms with Crippen molar-refractivity contribution in [1.82, 2.24) is 4.98 Å². The SMILES string of the molecule is C1=CCCC(c2cccc3c(/C=C\C=C\C4C=CC(N(c5ccc6c(c5)C(c5ccccc5)(c5ccccc5)c5ccccc5-6)c5ccc6sc(-c7ccccc7)nc6c5)=CC4)coc23)=C1. The molecule has 0 saturated heterocycles. The average molecular weight is 867 g/mol. The minimum Gasteiger partial charge on any atom is -0.463 e. The van der Waals surface area contributed by atoms with Crippen LogP contribution in [-0.2, 0) is 5.41 Å². The van der Waals surface area contributed by atoms with Crippen molar-refractivity contribution in [2.75, 3.05) is 4.90 Å². The predicted molar refractivity (Wildman–Crippen MR) is 277 cm³/mol. The van der Waals surface area contributed by atoms with Gasteiger partial charge in [-0.15, -0.1) is 11.3 Å². The van der Waals surface area contributed by atoms with Gasteiger partial charge in [0, 0.05) is 39.1 Å². The first kappa shape index (κ1) is 39.8. The van der Waals surface area contributed by atoms with E-state index in [4.69, 9.17) is 9.40 Å². The molecule has 1 atom stereocenters. The molecule has 316 valence electrons. The van der Waals surface area contributed by atoms with Crippen molar-refractivity contribution in [3.05, 3.63) is 270 Å². The average Bonchev–Trinajstić information content (AvgIpc) is 4.10. The van der Waals surface area contributed by atoms with Gasteiger partial charge in [-0.25, -0.2) is 4.98 Å². The third kappa shape index (κ3) is 6.93. The molecule has 3 aliphatic carbocycles. The second kappa shape index (κ2) is 17.0. The van der Waals surface area contributed by atoms with Crippen molar-refractivity contribution in [2.45, 2.75) is 24.7 Å². The van der Waals surface area contributed by atoms with Gasteiger partial charge in [0.25, 0.3) is 0 Å². The van der Waals surface area contributed by atoms with E-state index in [1.54, 1.807) is 11.3 Å². The number of aromatic nitrogens is 1. The van der Waals surface area contributed by atoms with Crippen LogP contribution in [0.1, 0.15) is 52.6 Å². The van der Waals surface area contributed by atoms with Gasteiger partial charge in [-0.05, 0) is 101 Å². The van der Waals surface area contributed by atoms with E-state index in [9.17, 15) is 0 Å². The molecule has 66 heavy (non-hydrogen) atoms. The van der Waals surface area contributed by atoms with Crippen molar-refractivity contribution in [1.29, 1.82) is 0 Å². The molecule has 12 rings (SSSR count). The van der Waals surface area contributed by atoms with Gasteiger partial charge in [-0.3, -0.25) is 0 Å². The maximum absolute atomic E-state index is 6.16. The zero-order valence-electron chi connectivity index (χ0n) is 36.4. The molecular formula is C62H46N2OS. The Hall–Kier alpha value is -7.79. The van der Waals surface area contributed by atoms with Crippen LogP contribution < -0.4 is 4.90 Å². The summed E-state index contributed by atoms with van der Waals surface area (Å²) < 4.78 is 7.33.